The van der Waals surface area contributed by atoms with Crippen molar-refractivity contribution in [2.75, 3.05) is 19.5 Å². The van der Waals surface area contributed by atoms with Crippen LogP contribution in [0.5, 0.6) is 5.75 Å². The number of sulfonamides is 1. The number of nitro groups is 1. The van der Waals surface area contributed by atoms with Gasteiger partial charge in [0, 0.05) is 12.6 Å². The molecule has 0 saturated heterocycles. The molecule has 1 aromatic heterocycles. The lowest BCUT2D eigenvalue weighted by Gasteiger charge is -2.16. The Bertz CT molecular complexity index is 1190. The number of anilines is 1. The van der Waals surface area contributed by atoms with Gasteiger partial charge in [-0.25, -0.2) is 8.42 Å². The summed E-state index contributed by atoms with van der Waals surface area (Å²) in [6.07, 6.45) is 1.45. The lowest BCUT2D eigenvalue weighted by atomic mass is 10.2. The van der Waals surface area contributed by atoms with E-state index < -0.39 is 20.9 Å². The van der Waals surface area contributed by atoms with E-state index in [9.17, 15) is 23.3 Å². The first-order valence-electron chi connectivity index (χ1n) is 8.95. The zero-order valence-corrected chi connectivity index (χ0v) is 17.5. The van der Waals surface area contributed by atoms with Gasteiger partial charge in [-0.05, 0) is 48.5 Å². The van der Waals surface area contributed by atoms with Gasteiger partial charge >= 0.3 is 0 Å². The summed E-state index contributed by atoms with van der Waals surface area (Å²) >= 11 is 0. The Hall–Kier alpha value is -3.70. The lowest BCUT2D eigenvalue weighted by Crippen LogP contribution is -2.26. The van der Waals surface area contributed by atoms with Gasteiger partial charge in [0.2, 0.25) is 10.0 Å². The van der Waals surface area contributed by atoms with Crippen molar-refractivity contribution in [2.24, 2.45) is 0 Å². The summed E-state index contributed by atoms with van der Waals surface area (Å²) in [4.78, 5) is 23.1. The number of furan rings is 1. The lowest BCUT2D eigenvalue weighted by molar-refractivity contribution is -0.384. The number of methoxy groups -OCH3 is 1. The van der Waals surface area contributed by atoms with Gasteiger partial charge in [-0.2, -0.15) is 4.31 Å². The molecule has 0 spiro atoms. The number of amides is 1. The van der Waals surface area contributed by atoms with Crippen molar-refractivity contribution in [2.45, 2.75) is 11.4 Å². The Morgan fingerprint density at radius 3 is 2.48 bits per heavy atom. The number of nitrogens with zero attached hydrogens (tertiary/aromatic N) is 2. The Kier molecular flexibility index (Phi) is 6.37. The normalized spacial score (nSPS) is 11.3. The fourth-order valence-electron chi connectivity index (χ4n) is 2.75. The van der Waals surface area contributed by atoms with Gasteiger partial charge in [-0.15, -0.1) is 0 Å². The molecule has 1 heterocycles. The van der Waals surface area contributed by atoms with Crippen LogP contribution < -0.4 is 10.1 Å². The highest BCUT2D eigenvalue weighted by Crippen LogP contribution is 2.29. The standard InChI is InChI=1S/C20H19N3O7S/c1-22(13-16-4-3-11-30-16)31(27,28)17-8-5-14(6-9-17)20(24)21-18-10-7-15(29-2)12-19(18)23(25)26/h3-12H,13H2,1-2H3,(H,21,24). The largest absolute Gasteiger partial charge is 0.496 e. The van der Waals surface area contributed by atoms with Crippen LogP contribution in [0, 0.1) is 10.1 Å². The molecule has 11 heteroatoms. The Balaban J connectivity index is 1.77. The van der Waals surface area contributed by atoms with Crippen LogP contribution in [0.3, 0.4) is 0 Å². The quantitative estimate of drug-likeness (QED) is 0.416. The number of ether oxygens (including phenoxy) is 1. The molecule has 2 aromatic carbocycles. The maximum Gasteiger partial charge on any atom is 0.296 e. The van der Waals surface area contributed by atoms with Gasteiger partial charge in [0.15, 0.2) is 0 Å². The second-order valence-corrected chi connectivity index (χ2v) is 8.50. The molecule has 1 amide bonds. The minimum Gasteiger partial charge on any atom is -0.496 e. The van der Waals surface area contributed by atoms with Crippen LogP contribution in [0.1, 0.15) is 16.1 Å². The molecule has 1 N–H and O–H groups in total. The van der Waals surface area contributed by atoms with Crippen molar-refractivity contribution >= 4 is 27.3 Å². The monoisotopic (exact) mass is 445 g/mol. The average Bonchev–Trinajstić information content (AvgIpc) is 3.27. The first-order chi connectivity index (χ1) is 14.7. The predicted molar refractivity (Wildman–Crippen MR) is 111 cm³/mol. The molecule has 0 bridgehead atoms. The molecule has 0 aliphatic heterocycles. The van der Waals surface area contributed by atoms with Crippen molar-refractivity contribution in [3.63, 3.8) is 0 Å². The highest BCUT2D eigenvalue weighted by atomic mass is 32.2. The zero-order chi connectivity index (χ0) is 22.6. The molecular weight excluding hydrogens is 426 g/mol. The van der Waals surface area contributed by atoms with Gasteiger partial charge in [0.1, 0.15) is 17.2 Å². The Labute approximate surface area is 178 Å². The highest BCUT2D eigenvalue weighted by molar-refractivity contribution is 7.89. The van der Waals surface area contributed by atoms with Crippen molar-refractivity contribution in [1.82, 2.24) is 4.31 Å². The molecule has 0 aliphatic rings. The van der Waals surface area contributed by atoms with Gasteiger partial charge in [0.25, 0.3) is 11.6 Å². The molecule has 31 heavy (non-hydrogen) atoms. The van der Waals surface area contributed by atoms with E-state index in [-0.39, 0.29) is 34.1 Å². The molecule has 0 unspecified atom stereocenters. The maximum atomic E-state index is 12.7. The SMILES string of the molecule is COc1ccc(NC(=O)c2ccc(S(=O)(=O)N(C)Cc3ccco3)cc2)c([N+](=O)[O-])c1. The van der Waals surface area contributed by atoms with Crippen molar-refractivity contribution in [1.29, 1.82) is 0 Å². The number of nitro benzene ring substituents is 1. The molecule has 0 fully saturated rings. The van der Waals surface area contributed by atoms with Crippen LogP contribution in [0.25, 0.3) is 0 Å². The van der Waals surface area contributed by atoms with Gasteiger partial charge in [-0.3, -0.25) is 14.9 Å². The number of carbonyl (C=O) groups is 1. The molecule has 162 valence electrons. The van der Waals surface area contributed by atoms with Crippen molar-refractivity contribution in [3.8, 4) is 5.75 Å². The molecule has 10 nitrogen and oxygen atoms in total. The summed E-state index contributed by atoms with van der Waals surface area (Å²) in [5.74, 6) is 0.141. The minimum absolute atomic E-state index is 0.00599. The number of hydrogen-bond acceptors (Lipinski definition) is 7. The molecule has 0 saturated carbocycles. The third-order valence-electron chi connectivity index (χ3n) is 4.43. The predicted octanol–water partition coefficient (Wildman–Crippen LogP) is 3.27. The Morgan fingerprint density at radius 1 is 1.19 bits per heavy atom. The second-order valence-electron chi connectivity index (χ2n) is 6.46. The van der Waals surface area contributed by atoms with E-state index in [1.807, 2.05) is 0 Å². The van der Waals surface area contributed by atoms with Crippen molar-refractivity contribution in [3.05, 3.63) is 82.3 Å². The third kappa shape index (κ3) is 4.90. The second kappa shape index (κ2) is 8.98. The summed E-state index contributed by atoms with van der Waals surface area (Å²) in [5, 5.41) is 13.7. The summed E-state index contributed by atoms with van der Waals surface area (Å²) in [5.41, 5.74) is -0.199. The molecule has 3 rings (SSSR count). The highest BCUT2D eigenvalue weighted by Gasteiger charge is 2.23. The van der Waals surface area contributed by atoms with Gasteiger partial charge < -0.3 is 14.5 Å². The van der Waals surface area contributed by atoms with Crippen LogP contribution in [-0.4, -0.2) is 37.7 Å². The summed E-state index contributed by atoms with van der Waals surface area (Å²) in [6.45, 7) is 0.0543. The molecular formula is C20H19N3O7S. The summed E-state index contributed by atoms with van der Waals surface area (Å²) < 4.78 is 36.7. The zero-order valence-electron chi connectivity index (χ0n) is 16.6. The fourth-order valence-corrected chi connectivity index (χ4v) is 3.89. The minimum atomic E-state index is -3.80. The van der Waals surface area contributed by atoms with E-state index in [0.29, 0.717) is 5.76 Å². The number of carbonyl (C=O) groups excluding carboxylic acids is 1. The molecule has 0 radical (unpaired) electrons. The topological polar surface area (TPSA) is 132 Å². The van der Waals surface area contributed by atoms with E-state index in [2.05, 4.69) is 5.32 Å². The smallest absolute Gasteiger partial charge is 0.296 e. The van der Waals surface area contributed by atoms with Crippen LogP contribution in [0.4, 0.5) is 11.4 Å². The van der Waals surface area contributed by atoms with Crippen LogP contribution >= 0.6 is 0 Å². The van der Waals surface area contributed by atoms with Crippen LogP contribution in [0.2, 0.25) is 0 Å². The fraction of sp³-hybridized carbons (Fsp3) is 0.150. The van der Waals surface area contributed by atoms with Crippen LogP contribution in [-0.2, 0) is 16.6 Å². The van der Waals surface area contributed by atoms with E-state index in [4.69, 9.17) is 9.15 Å². The average molecular weight is 445 g/mol. The maximum absolute atomic E-state index is 12.7. The molecule has 0 aliphatic carbocycles. The molecule has 0 atom stereocenters. The van der Waals surface area contributed by atoms with E-state index in [0.717, 1.165) is 4.31 Å². The summed E-state index contributed by atoms with van der Waals surface area (Å²) in [6, 6.07) is 12.6. The third-order valence-corrected chi connectivity index (χ3v) is 6.25. The van der Waals surface area contributed by atoms with Crippen molar-refractivity contribution < 1.29 is 27.3 Å². The van der Waals surface area contributed by atoms with Gasteiger partial charge in [-0.1, -0.05) is 0 Å². The number of benzene rings is 2. The molecule has 3 aromatic rings. The van der Waals surface area contributed by atoms with Gasteiger partial charge in [0.05, 0.1) is 35.8 Å². The summed E-state index contributed by atoms with van der Waals surface area (Å²) in [7, 11) is -1.01. The van der Waals surface area contributed by atoms with E-state index in [1.54, 1.807) is 12.1 Å². The van der Waals surface area contributed by atoms with E-state index >= 15 is 0 Å². The van der Waals surface area contributed by atoms with Crippen LogP contribution in [0.15, 0.2) is 70.2 Å². The first-order valence-corrected chi connectivity index (χ1v) is 10.4. The van der Waals surface area contributed by atoms with E-state index in [1.165, 1.54) is 62.9 Å². The number of nitrogens with one attached hydrogen (secondary N) is 1. The number of hydrogen-bond donors (Lipinski definition) is 1. The number of rotatable bonds is 8. The first kappa shape index (κ1) is 22.0. The Morgan fingerprint density at radius 2 is 1.90 bits per heavy atom.